The Labute approximate surface area is 124 Å². The van der Waals surface area contributed by atoms with Crippen LogP contribution in [0.25, 0.3) is 0 Å². The summed E-state index contributed by atoms with van der Waals surface area (Å²) in [4.78, 5) is 0. The molecule has 1 aliphatic rings. The van der Waals surface area contributed by atoms with Crippen LogP contribution in [0.3, 0.4) is 0 Å². The van der Waals surface area contributed by atoms with Gasteiger partial charge in [-0.05, 0) is 42.0 Å². The first-order valence-corrected chi connectivity index (χ1v) is 7.31. The highest BCUT2D eigenvalue weighted by Crippen LogP contribution is 2.40. The lowest BCUT2D eigenvalue weighted by Gasteiger charge is -2.29. The zero-order chi connectivity index (χ0) is 14.8. The van der Waals surface area contributed by atoms with Crippen molar-refractivity contribution in [1.29, 1.82) is 0 Å². The minimum atomic E-state index is -0.937. The molecule has 0 heterocycles. The molecule has 3 heteroatoms. The third-order valence-corrected chi connectivity index (χ3v) is 4.34. The van der Waals surface area contributed by atoms with Crippen LogP contribution in [0, 0.1) is 5.82 Å². The molecule has 1 aliphatic carbocycles. The van der Waals surface area contributed by atoms with E-state index in [9.17, 15) is 9.50 Å². The van der Waals surface area contributed by atoms with E-state index < -0.39 is 11.9 Å². The Morgan fingerprint density at radius 2 is 1.90 bits per heavy atom. The molecule has 0 amide bonds. The Morgan fingerprint density at radius 3 is 2.52 bits per heavy atom. The smallest absolute Gasteiger partial charge is 0.133 e. The zero-order valence-corrected chi connectivity index (χ0v) is 12.1. The first kappa shape index (κ1) is 14.1. The summed E-state index contributed by atoms with van der Waals surface area (Å²) in [5.74, 6) is 0.512. The summed E-state index contributed by atoms with van der Waals surface area (Å²) in [6.07, 6.45) is 2.59. The maximum Gasteiger partial charge on any atom is 0.133 e. The van der Waals surface area contributed by atoms with Crippen LogP contribution in [0.15, 0.2) is 42.5 Å². The molecular weight excluding hydrogens is 267 g/mol. The van der Waals surface area contributed by atoms with Gasteiger partial charge >= 0.3 is 0 Å². The molecule has 0 bridgehead atoms. The lowest BCUT2D eigenvalue weighted by molar-refractivity contribution is 0.211. The van der Waals surface area contributed by atoms with Gasteiger partial charge in [0.2, 0.25) is 0 Å². The van der Waals surface area contributed by atoms with Crippen LogP contribution in [-0.4, -0.2) is 12.2 Å². The second-order valence-electron chi connectivity index (χ2n) is 5.55. The largest absolute Gasteiger partial charge is 0.497 e. The predicted octanol–water partition coefficient (Wildman–Crippen LogP) is 4.18. The van der Waals surface area contributed by atoms with Crippen molar-refractivity contribution in [3.8, 4) is 5.75 Å². The maximum absolute atomic E-state index is 14.2. The van der Waals surface area contributed by atoms with Gasteiger partial charge in [-0.3, -0.25) is 0 Å². The summed E-state index contributed by atoms with van der Waals surface area (Å²) in [6, 6.07) is 12.4. The molecule has 110 valence electrons. The first-order valence-electron chi connectivity index (χ1n) is 7.31. The van der Waals surface area contributed by atoms with Crippen molar-refractivity contribution in [1.82, 2.24) is 0 Å². The van der Waals surface area contributed by atoms with Gasteiger partial charge in [-0.25, -0.2) is 4.39 Å². The van der Waals surface area contributed by atoms with Gasteiger partial charge in [0.25, 0.3) is 0 Å². The van der Waals surface area contributed by atoms with Crippen molar-refractivity contribution in [2.75, 3.05) is 7.11 Å². The van der Waals surface area contributed by atoms with Crippen molar-refractivity contribution in [3.63, 3.8) is 0 Å². The average molecular weight is 286 g/mol. The monoisotopic (exact) mass is 286 g/mol. The molecule has 2 nitrogen and oxygen atoms in total. The lowest BCUT2D eigenvalue weighted by atomic mass is 9.77. The summed E-state index contributed by atoms with van der Waals surface area (Å²) in [7, 11) is 1.50. The fraction of sp³-hybridized carbons (Fsp3) is 0.333. The Balaban J connectivity index is 1.96. The highest BCUT2D eigenvalue weighted by Gasteiger charge is 2.25. The van der Waals surface area contributed by atoms with Crippen LogP contribution in [0.5, 0.6) is 5.75 Å². The van der Waals surface area contributed by atoms with E-state index in [0.29, 0.717) is 17.2 Å². The molecule has 2 aromatic rings. The molecule has 1 saturated carbocycles. The van der Waals surface area contributed by atoms with Crippen molar-refractivity contribution in [2.24, 2.45) is 0 Å². The van der Waals surface area contributed by atoms with E-state index in [4.69, 9.17) is 4.74 Å². The van der Waals surface area contributed by atoms with E-state index in [0.717, 1.165) is 24.0 Å². The van der Waals surface area contributed by atoms with Gasteiger partial charge in [-0.15, -0.1) is 0 Å². The minimum Gasteiger partial charge on any atom is -0.497 e. The summed E-state index contributed by atoms with van der Waals surface area (Å²) in [5.41, 5.74) is 2.25. The van der Waals surface area contributed by atoms with Crippen LogP contribution in [0.4, 0.5) is 4.39 Å². The standard InChI is InChI=1S/C18H19FO2/c1-21-13-9-10-16(17(19)11-13)18(20)15-8-3-2-7-14(15)12-5-4-6-12/h2-3,7-12,18,20H,4-6H2,1H3. The third-order valence-electron chi connectivity index (χ3n) is 4.34. The number of aliphatic hydroxyl groups is 1. The average Bonchev–Trinajstić information content (AvgIpc) is 2.45. The Hall–Kier alpha value is -1.87. The van der Waals surface area contributed by atoms with Crippen LogP contribution >= 0.6 is 0 Å². The molecule has 3 rings (SSSR count). The van der Waals surface area contributed by atoms with E-state index in [1.54, 1.807) is 12.1 Å². The van der Waals surface area contributed by atoms with Gasteiger partial charge in [-0.1, -0.05) is 30.7 Å². The van der Waals surface area contributed by atoms with Crippen molar-refractivity contribution in [3.05, 3.63) is 65.0 Å². The molecule has 2 aromatic carbocycles. The van der Waals surface area contributed by atoms with Crippen molar-refractivity contribution < 1.29 is 14.2 Å². The predicted molar refractivity (Wildman–Crippen MR) is 80.0 cm³/mol. The number of benzene rings is 2. The molecule has 1 atom stereocenters. The number of hydrogen-bond donors (Lipinski definition) is 1. The number of ether oxygens (including phenoxy) is 1. The van der Waals surface area contributed by atoms with E-state index in [2.05, 4.69) is 0 Å². The number of rotatable bonds is 4. The SMILES string of the molecule is COc1ccc(C(O)c2ccccc2C2CCC2)c(F)c1. The highest BCUT2D eigenvalue weighted by atomic mass is 19.1. The molecule has 0 aliphatic heterocycles. The summed E-state index contributed by atoms with van der Waals surface area (Å²) < 4.78 is 19.2. The lowest BCUT2D eigenvalue weighted by Crippen LogP contribution is -2.14. The van der Waals surface area contributed by atoms with Crippen molar-refractivity contribution >= 4 is 0 Å². The van der Waals surface area contributed by atoms with E-state index >= 15 is 0 Å². The van der Waals surface area contributed by atoms with Gasteiger partial charge in [0.15, 0.2) is 0 Å². The van der Waals surface area contributed by atoms with Crippen LogP contribution < -0.4 is 4.74 Å². The number of halogens is 1. The molecule has 1 N–H and O–H groups in total. The summed E-state index contributed by atoms with van der Waals surface area (Å²) in [5, 5.41) is 10.6. The number of aliphatic hydroxyl groups excluding tert-OH is 1. The molecule has 1 fully saturated rings. The van der Waals surface area contributed by atoms with Gasteiger partial charge < -0.3 is 9.84 Å². The van der Waals surface area contributed by atoms with Crippen LogP contribution in [-0.2, 0) is 0 Å². The van der Waals surface area contributed by atoms with Crippen molar-refractivity contribution in [2.45, 2.75) is 31.3 Å². The topological polar surface area (TPSA) is 29.5 Å². The number of hydrogen-bond acceptors (Lipinski definition) is 2. The van der Waals surface area contributed by atoms with Crippen LogP contribution in [0.2, 0.25) is 0 Å². The highest BCUT2D eigenvalue weighted by molar-refractivity contribution is 5.40. The summed E-state index contributed by atoms with van der Waals surface area (Å²) in [6.45, 7) is 0. The van der Waals surface area contributed by atoms with Gasteiger partial charge in [0, 0.05) is 11.6 Å². The van der Waals surface area contributed by atoms with Gasteiger partial charge in [-0.2, -0.15) is 0 Å². The maximum atomic E-state index is 14.2. The molecule has 1 unspecified atom stereocenters. The Kier molecular flexibility index (Phi) is 3.93. The normalized spacial score (nSPS) is 16.3. The minimum absolute atomic E-state index is 0.294. The Morgan fingerprint density at radius 1 is 1.14 bits per heavy atom. The Bertz CT molecular complexity index is 635. The third kappa shape index (κ3) is 2.66. The molecule has 21 heavy (non-hydrogen) atoms. The fourth-order valence-electron chi connectivity index (χ4n) is 2.88. The van der Waals surface area contributed by atoms with E-state index in [-0.39, 0.29) is 0 Å². The molecule has 0 spiro atoms. The van der Waals surface area contributed by atoms with Crippen LogP contribution in [0.1, 0.15) is 48.0 Å². The van der Waals surface area contributed by atoms with Gasteiger partial charge in [0.1, 0.15) is 17.7 Å². The van der Waals surface area contributed by atoms with E-state index in [1.807, 2.05) is 24.3 Å². The zero-order valence-electron chi connectivity index (χ0n) is 12.1. The second kappa shape index (κ2) is 5.86. The molecular formula is C18H19FO2. The molecule has 0 radical (unpaired) electrons. The fourth-order valence-corrected chi connectivity index (χ4v) is 2.88. The van der Waals surface area contributed by atoms with Gasteiger partial charge in [0.05, 0.1) is 7.11 Å². The van der Waals surface area contributed by atoms with E-state index in [1.165, 1.54) is 19.6 Å². The second-order valence-corrected chi connectivity index (χ2v) is 5.55. The number of methoxy groups -OCH3 is 1. The molecule has 0 saturated heterocycles. The molecule has 0 aromatic heterocycles. The summed E-state index contributed by atoms with van der Waals surface area (Å²) >= 11 is 0. The quantitative estimate of drug-likeness (QED) is 0.913. The first-order chi connectivity index (χ1) is 10.2.